The van der Waals surface area contributed by atoms with Gasteiger partial charge in [-0.2, -0.15) is 0 Å². The van der Waals surface area contributed by atoms with Crippen molar-refractivity contribution in [1.29, 1.82) is 0 Å². The van der Waals surface area contributed by atoms with E-state index in [0.29, 0.717) is 17.1 Å². The van der Waals surface area contributed by atoms with E-state index >= 15 is 0 Å². The summed E-state index contributed by atoms with van der Waals surface area (Å²) in [6, 6.07) is 13.4. The van der Waals surface area contributed by atoms with Crippen LogP contribution in [0.5, 0.6) is 5.75 Å². The lowest BCUT2D eigenvalue weighted by molar-refractivity contribution is -0.128. The van der Waals surface area contributed by atoms with Gasteiger partial charge in [0.1, 0.15) is 5.75 Å². The molecule has 2 aromatic rings. The van der Waals surface area contributed by atoms with Crippen LogP contribution in [-0.2, 0) is 20.9 Å². The van der Waals surface area contributed by atoms with E-state index in [1.165, 1.54) is 0 Å². The molecule has 0 spiro atoms. The number of nitrogens with one attached hydrogen (secondary N) is 2. The van der Waals surface area contributed by atoms with Crippen LogP contribution in [0.4, 0.5) is 11.4 Å². The van der Waals surface area contributed by atoms with Gasteiger partial charge < -0.3 is 20.1 Å². The van der Waals surface area contributed by atoms with E-state index in [0.717, 1.165) is 44.0 Å². The molecule has 0 bridgehead atoms. The van der Waals surface area contributed by atoms with E-state index in [-0.39, 0.29) is 18.2 Å². The second-order valence-corrected chi connectivity index (χ2v) is 7.44. The topological polar surface area (TPSA) is 79.9 Å². The van der Waals surface area contributed by atoms with Crippen molar-refractivity contribution in [1.82, 2.24) is 4.90 Å². The van der Waals surface area contributed by atoms with Crippen LogP contribution in [0.1, 0.15) is 17.5 Å². The van der Waals surface area contributed by atoms with Gasteiger partial charge in [-0.3, -0.25) is 14.5 Å². The standard InChI is InChI=1S/C22H25N3O4/c1-15-5-6-19-18(11-15)24-22(27)20(29-19)13-21(26)23-17-4-2-3-16(12-17)14-25-7-9-28-10-8-25/h2-6,11-12,20H,7-10,13-14H2,1H3,(H,23,26)(H,24,27). The molecule has 1 fully saturated rings. The van der Waals surface area contributed by atoms with Gasteiger partial charge in [0.15, 0.2) is 6.10 Å². The van der Waals surface area contributed by atoms with Crippen molar-refractivity contribution in [2.24, 2.45) is 0 Å². The number of fused-ring (bicyclic) bond motifs is 1. The lowest BCUT2D eigenvalue weighted by Crippen LogP contribution is -2.39. The first kappa shape index (κ1) is 19.4. The van der Waals surface area contributed by atoms with Gasteiger partial charge in [0.05, 0.1) is 25.3 Å². The summed E-state index contributed by atoms with van der Waals surface area (Å²) in [5, 5.41) is 5.69. The number of hydrogen-bond donors (Lipinski definition) is 2. The number of anilines is 2. The normalized spacial score (nSPS) is 19.1. The Labute approximate surface area is 170 Å². The predicted octanol–water partition coefficient (Wildman–Crippen LogP) is 2.56. The Hall–Kier alpha value is -2.90. The maximum atomic E-state index is 12.5. The summed E-state index contributed by atoms with van der Waals surface area (Å²) in [5.74, 6) is 0.0176. The molecule has 0 radical (unpaired) electrons. The third kappa shape index (κ3) is 4.93. The van der Waals surface area contributed by atoms with E-state index < -0.39 is 6.10 Å². The molecule has 1 saturated heterocycles. The first-order valence-corrected chi connectivity index (χ1v) is 9.84. The molecule has 0 saturated carbocycles. The zero-order valence-electron chi connectivity index (χ0n) is 16.4. The molecule has 1 unspecified atom stereocenters. The van der Waals surface area contributed by atoms with Crippen LogP contribution in [0.25, 0.3) is 0 Å². The zero-order chi connectivity index (χ0) is 20.2. The number of nitrogens with zero attached hydrogens (tertiary/aromatic N) is 1. The summed E-state index contributed by atoms with van der Waals surface area (Å²) in [6.07, 6.45) is -0.894. The monoisotopic (exact) mass is 395 g/mol. The highest BCUT2D eigenvalue weighted by Gasteiger charge is 2.29. The van der Waals surface area contributed by atoms with Crippen LogP contribution < -0.4 is 15.4 Å². The van der Waals surface area contributed by atoms with E-state index in [9.17, 15) is 9.59 Å². The van der Waals surface area contributed by atoms with Crippen molar-refractivity contribution in [2.75, 3.05) is 36.9 Å². The molecule has 0 aromatic heterocycles. The number of ether oxygens (including phenoxy) is 2. The van der Waals surface area contributed by atoms with Gasteiger partial charge in [0.25, 0.3) is 5.91 Å². The molecule has 1 atom stereocenters. The van der Waals surface area contributed by atoms with Gasteiger partial charge in [-0.25, -0.2) is 0 Å². The minimum absolute atomic E-state index is 0.0488. The summed E-state index contributed by atoms with van der Waals surface area (Å²) < 4.78 is 11.1. The van der Waals surface area contributed by atoms with Crippen LogP contribution in [0, 0.1) is 6.92 Å². The minimum Gasteiger partial charge on any atom is -0.478 e. The molecule has 2 N–H and O–H groups in total. The Morgan fingerprint density at radius 2 is 2.03 bits per heavy atom. The van der Waals surface area contributed by atoms with Crippen LogP contribution in [0.2, 0.25) is 0 Å². The van der Waals surface area contributed by atoms with Crippen molar-refractivity contribution < 1.29 is 19.1 Å². The summed E-state index contributed by atoms with van der Waals surface area (Å²) in [5.41, 5.74) is 3.51. The smallest absolute Gasteiger partial charge is 0.266 e. The number of benzene rings is 2. The Kier molecular flexibility index (Phi) is 5.78. The summed E-state index contributed by atoms with van der Waals surface area (Å²) in [4.78, 5) is 27.1. The van der Waals surface area contributed by atoms with Gasteiger partial charge in [-0.15, -0.1) is 0 Å². The fourth-order valence-electron chi connectivity index (χ4n) is 3.54. The first-order chi connectivity index (χ1) is 14.1. The largest absolute Gasteiger partial charge is 0.478 e. The Morgan fingerprint density at radius 3 is 2.86 bits per heavy atom. The highest BCUT2D eigenvalue weighted by Crippen LogP contribution is 2.31. The van der Waals surface area contributed by atoms with Crippen molar-refractivity contribution in [3.05, 3.63) is 53.6 Å². The fourth-order valence-corrected chi connectivity index (χ4v) is 3.54. The SMILES string of the molecule is Cc1ccc2c(c1)NC(=O)C(CC(=O)Nc1cccc(CN3CCOCC3)c1)O2. The number of morpholine rings is 1. The molecule has 2 aliphatic heterocycles. The molecular weight excluding hydrogens is 370 g/mol. The van der Waals surface area contributed by atoms with E-state index in [2.05, 4.69) is 15.5 Å². The molecule has 2 aliphatic rings. The van der Waals surface area contributed by atoms with Gasteiger partial charge in [0.2, 0.25) is 5.91 Å². The molecular formula is C22H25N3O4. The molecule has 0 aliphatic carbocycles. The lowest BCUT2D eigenvalue weighted by Gasteiger charge is -2.27. The lowest BCUT2D eigenvalue weighted by atomic mass is 10.1. The quantitative estimate of drug-likeness (QED) is 0.813. The number of carbonyl (C=O) groups excluding carboxylic acids is 2. The zero-order valence-corrected chi connectivity index (χ0v) is 16.4. The molecule has 2 amide bonds. The highest BCUT2D eigenvalue weighted by atomic mass is 16.5. The van der Waals surface area contributed by atoms with E-state index in [4.69, 9.17) is 9.47 Å². The molecule has 4 rings (SSSR count). The highest BCUT2D eigenvalue weighted by molar-refractivity contribution is 6.02. The average molecular weight is 395 g/mol. The number of aryl methyl sites for hydroxylation is 1. The fraction of sp³-hybridized carbons (Fsp3) is 0.364. The molecule has 29 heavy (non-hydrogen) atoms. The van der Waals surface area contributed by atoms with Gasteiger partial charge in [-0.1, -0.05) is 18.2 Å². The molecule has 7 heteroatoms. The summed E-state index contributed by atoms with van der Waals surface area (Å²) in [7, 11) is 0. The van der Waals surface area contributed by atoms with E-state index in [1.807, 2.05) is 49.4 Å². The Balaban J connectivity index is 1.35. The van der Waals surface area contributed by atoms with Crippen molar-refractivity contribution >= 4 is 23.2 Å². The number of rotatable bonds is 5. The molecule has 2 heterocycles. The Morgan fingerprint density at radius 1 is 1.21 bits per heavy atom. The van der Waals surface area contributed by atoms with Crippen LogP contribution in [0.15, 0.2) is 42.5 Å². The van der Waals surface area contributed by atoms with Gasteiger partial charge in [0, 0.05) is 25.3 Å². The number of amides is 2. The van der Waals surface area contributed by atoms with Crippen LogP contribution in [-0.4, -0.2) is 49.1 Å². The van der Waals surface area contributed by atoms with E-state index in [1.54, 1.807) is 0 Å². The molecule has 7 nitrogen and oxygen atoms in total. The third-order valence-corrected chi connectivity index (χ3v) is 5.05. The van der Waals surface area contributed by atoms with Crippen LogP contribution >= 0.6 is 0 Å². The second-order valence-electron chi connectivity index (χ2n) is 7.44. The summed E-state index contributed by atoms with van der Waals surface area (Å²) in [6.45, 7) is 6.08. The van der Waals surface area contributed by atoms with Gasteiger partial charge in [-0.05, 0) is 42.3 Å². The van der Waals surface area contributed by atoms with Crippen LogP contribution in [0.3, 0.4) is 0 Å². The van der Waals surface area contributed by atoms with Crippen molar-refractivity contribution in [2.45, 2.75) is 26.0 Å². The number of carbonyl (C=O) groups is 2. The van der Waals surface area contributed by atoms with Crippen molar-refractivity contribution in [3.63, 3.8) is 0 Å². The Bertz CT molecular complexity index is 909. The van der Waals surface area contributed by atoms with Crippen molar-refractivity contribution in [3.8, 4) is 5.75 Å². The average Bonchev–Trinajstić information content (AvgIpc) is 2.70. The second kappa shape index (κ2) is 8.63. The molecule has 152 valence electrons. The maximum Gasteiger partial charge on any atom is 0.266 e. The maximum absolute atomic E-state index is 12.5. The third-order valence-electron chi connectivity index (χ3n) is 5.05. The minimum atomic E-state index is -0.846. The molecule has 2 aromatic carbocycles. The number of hydrogen-bond acceptors (Lipinski definition) is 5. The summed E-state index contributed by atoms with van der Waals surface area (Å²) >= 11 is 0. The first-order valence-electron chi connectivity index (χ1n) is 9.84. The predicted molar refractivity (Wildman–Crippen MR) is 110 cm³/mol. The van der Waals surface area contributed by atoms with Gasteiger partial charge >= 0.3 is 0 Å².